The predicted octanol–water partition coefficient (Wildman–Crippen LogP) is 2.56. The molecule has 3 heterocycles. The SMILES string of the molecule is CCn1c(C2CCN(Cc3nc(C(C)C)cs3)CC2)nn(C)c1=O. The second kappa shape index (κ2) is 7.19. The second-order valence-corrected chi connectivity index (χ2v) is 7.82. The molecule has 0 unspecified atom stereocenters. The van der Waals surface area contributed by atoms with Crippen molar-refractivity contribution in [2.75, 3.05) is 13.1 Å². The summed E-state index contributed by atoms with van der Waals surface area (Å²) >= 11 is 1.77. The van der Waals surface area contributed by atoms with Gasteiger partial charge in [-0.3, -0.25) is 9.47 Å². The summed E-state index contributed by atoms with van der Waals surface area (Å²) in [6.07, 6.45) is 2.11. The van der Waals surface area contributed by atoms with Crippen molar-refractivity contribution in [3.05, 3.63) is 32.4 Å². The monoisotopic (exact) mass is 349 g/mol. The molecule has 2 aromatic heterocycles. The average molecular weight is 350 g/mol. The number of likely N-dealkylation sites (tertiary alicyclic amines) is 1. The van der Waals surface area contributed by atoms with Crippen LogP contribution in [0.25, 0.3) is 0 Å². The number of hydrogen-bond donors (Lipinski definition) is 0. The minimum Gasteiger partial charge on any atom is -0.297 e. The molecule has 0 spiro atoms. The lowest BCUT2D eigenvalue weighted by molar-refractivity contribution is 0.199. The van der Waals surface area contributed by atoms with E-state index in [2.05, 4.69) is 29.2 Å². The van der Waals surface area contributed by atoms with Gasteiger partial charge in [0.25, 0.3) is 0 Å². The summed E-state index contributed by atoms with van der Waals surface area (Å²) in [6, 6.07) is 0. The molecule has 1 fully saturated rings. The highest BCUT2D eigenvalue weighted by Crippen LogP contribution is 2.27. The first kappa shape index (κ1) is 17.4. The van der Waals surface area contributed by atoms with Gasteiger partial charge in [-0.25, -0.2) is 14.5 Å². The van der Waals surface area contributed by atoms with Crippen LogP contribution in [-0.2, 0) is 20.1 Å². The molecule has 1 aliphatic heterocycles. The lowest BCUT2D eigenvalue weighted by Gasteiger charge is -2.30. The lowest BCUT2D eigenvalue weighted by Crippen LogP contribution is -2.33. The quantitative estimate of drug-likeness (QED) is 0.832. The Balaban J connectivity index is 1.61. The zero-order valence-electron chi connectivity index (χ0n) is 15.0. The molecular formula is C17H27N5OS. The minimum absolute atomic E-state index is 0.000991. The molecule has 24 heavy (non-hydrogen) atoms. The van der Waals surface area contributed by atoms with E-state index in [4.69, 9.17) is 4.98 Å². The molecule has 132 valence electrons. The fourth-order valence-corrected chi connectivity index (χ4v) is 4.32. The molecular weight excluding hydrogens is 322 g/mol. The highest BCUT2D eigenvalue weighted by molar-refractivity contribution is 7.09. The van der Waals surface area contributed by atoms with Crippen molar-refractivity contribution in [1.82, 2.24) is 24.2 Å². The maximum absolute atomic E-state index is 12.1. The third-order valence-corrected chi connectivity index (χ3v) is 5.68. The molecule has 3 rings (SSSR count). The predicted molar refractivity (Wildman–Crippen MR) is 96.6 cm³/mol. The van der Waals surface area contributed by atoms with Crippen molar-refractivity contribution in [1.29, 1.82) is 0 Å². The summed E-state index contributed by atoms with van der Waals surface area (Å²) in [4.78, 5) is 19.3. The van der Waals surface area contributed by atoms with Crippen molar-refractivity contribution in [3.8, 4) is 0 Å². The standard InChI is InChI=1S/C17H27N5OS/c1-5-22-16(19-20(4)17(22)23)13-6-8-21(9-7-13)10-15-18-14(11-24-15)12(2)3/h11-13H,5-10H2,1-4H3. The molecule has 0 radical (unpaired) electrons. The van der Waals surface area contributed by atoms with Crippen LogP contribution < -0.4 is 5.69 Å². The van der Waals surface area contributed by atoms with Gasteiger partial charge < -0.3 is 0 Å². The Kier molecular flexibility index (Phi) is 5.20. The maximum atomic E-state index is 12.1. The number of aromatic nitrogens is 4. The summed E-state index contributed by atoms with van der Waals surface area (Å²) in [5, 5.41) is 7.86. The van der Waals surface area contributed by atoms with Gasteiger partial charge in [0.05, 0.1) is 12.2 Å². The van der Waals surface area contributed by atoms with E-state index in [9.17, 15) is 4.79 Å². The van der Waals surface area contributed by atoms with Crippen LogP contribution in [0.15, 0.2) is 10.2 Å². The Morgan fingerprint density at radius 1 is 1.33 bits per heavy atom. The molecule has 0 amide bonds. The van der Waals surface area contributed by atoms with Crippen molar-refractivity contribution < 1.29 is 0 Å². The van der Waals surface area contributed by atoms with E-state index in [1.165, 1.54) is 15.4 Å². The number of nitrogens with zero attached hydrogens (tertiary/aromatic N) is 5. The molecule has 0 aliphatic carbocycles. The molecule has 1 saturated heterocycles. The van der Waals surface area contributed by atoms with E-state index < -0.39 is 0 Å². The van der Waals surface area contributed by atoms with Gasteiger partial charge in [0.2, 0.25) is 0 Å². The van der Waals surface area contributed by atoms with E-state index in [1.807, 2.05) is 11.5 Å². The van der Waals surface area contributed by atoms with Crippen molar-refractivity contribution in [3.63, 3.8) is 0 Å². The van der Waals surface area contributed by atoms with Crippen LogP contribution in [-0.4, -0.2) is 37.3 Å². The van der Waals surface area contributed by atoms with Gasteiger partial charge in [0.15, 0.2) is 0 Å². The van der Waals surface area contributed by atoms with Gasteiger partial charge in [0.1, 0.15) is 10.8 Å². The van der Waals surface area contributed by atoms with E-state index in [0.29, 0.717) is 18.4 Å². The number of aryl methyl sites for hydroxylation is 1. The van der Waals surface area contributed by atoms with Gasteiger partial charge in [-0.2, -0.15) is 5.10 Å². The summed E-state index contributed by atoms with van der Waals surface area (Å²) in [7, 11) is 1.74. The van der Waals surface area contributed by atoms with Gasteiger partial charge in [0, 0.05) is 24.9 Å². The summed E-state index contributed by atoms with van der Waals surface area (Å²) < 4.78 is 3.28. The molecule has 0 N–H and O–H groups in total. The average Bonchev–Trinajstić information content (AvgIpc) is 3.14. The van der Waals surface area contributed by atoms with Crippen LogP contribution >= 0.6 is 11.3 Å². The molecule has 1 aliphatic rings. The number of rotatable bonds is 5. The molecule has 0 atom stereocenters. The van der Waals surface area contributed by atoms with Crippen LogP contribution in [0.1, 0.15) is 62.0 Å². The number of piperidine rings is 1. The number of thiazole rings is 1. The summed E-state index contributed by atoms with van der Waals surface area (Å²) in [5.41, 5.74) is 1.20. The van der Waals surface area contributed by atoms with Gasteiger partial charge in [-0.1, -0.05) is 13.8 Å². The molecule has 0 bridgehead atoms. The minimum atomic E-state index is -0.000991. The van der Waals surface area contributed by atoms with Gasteiger partial charge in [-0.15, -0.1) is 11.3 Å². The normalized spacial score (nSPS) is 17.0. The lowest BCUT2D eigenvalue weighted by atomic mass is 9.96. The third kappa shape index (κ3) is 3.47. The third-order valence-electron chi connectivity index (χ3n) is 4.83. The van der Waals surface area contributed by atoms with Gasteiger partial charge in [-0.05, 0) is 38.8 Å². The topological polar surface area (TPSA) is 56.0 Å². The zero-order valence-corrected chi connectivity index (χ0v) is 15.8. The largest absolute Gasteiger partial charge is 0.345 e. The number of hydrogen-bond acceptors (Lipinski definition) is 5. The van der Waals surface area contributed by atoms with E-state index in [0.717, 1.165) is 38.3 Å². The van der Waals surface area contributed by atoms with Crippen LogP contribution in [0, 0.1) is 0 Å². The van der Waals surface area contributed by atoms with Crippen molar-refractivity contribution in [2.24, 2.45) is 7.05 Å². The van der Waals surface area contributed by atoms with Crippen LogP contribution in [0.5, 0.6) is 0 Å². The molecule has 6 nitrogen and oxygen atoms in total. The highest BCUT2D eigenvalue weighted by atomic mass is 32.1. The first-order valence-corrected chi connectivity index (χ1v) is 9.68. The maximum Gasteiger partial charge on any atom is 0.345 e. The van der Waals surface area contributed by atoms with E-state index >= 15 is 0 Å². The highest BCUT2D eigenvalue weighted by Gasteiger charge is 2.26. The Morgan fingerprint density at radius 2 is 2.04 bits per heavy atom. The molecule has 0 saturated carbocycles. The first-order chi connectivity index (χ1) is 11.5. The van der Waals surface area contributed by atoms with Crippen LogP contribution in [0.3, 0.4) is 0 Å². The summed E-state index contributed by atoms with van der Waals surface area (Å²) in [5.74, 6) is 1.84. The fraction of sp³-hybridized carbons (Fsp3) is 0.706. The molecule has 2 aromatic rings. The Morgan fingerprint density at radius 3 is 2.62 bits per heavy atom. The molecule has 0 aromatic carbocycles. The Labute approximate surface area is 147 Å². The smallest absolute Gasteiger partial charge is 0.297 e. The molecule has 7 heteroatoms. The van der Waals surface area contributed by atoms with Crippen LogP contribution in [0.2, 0.25) is 0 Å². The van der Waals surface area contributed by atoms with Crippen molar-refractivity contribution in [2.45, 2.75) is 58.5 Å². The second-order valence-electron chi connectivity index (χ2n) is 6.88. The van der Waals surface area contributed by atoms with Crippen LogP contribution in [0.4, 0.5) is 0 Å². The van der Waals surface area contributed by atoms with Gasteiger partial charge >= 0.3 is 5.69 Å². The zero-order chi connectivity index (χ0) is 17.3. The fourth-order valence-electron chi connectivity index (χ4n) is 3.33. The van der Waals surface area contributed by atoms with E-state index in [1.54, 1.807) is 18.4 Å². The van der Waals surface area contributed by atoms with E-state index in [-0.39, 0.29) is 5.69 Å². The summed E-state index contributed by atoms with van der Waals surface area (Å²) in [6.45, 7) is 10.1. The first-order valence-electron chi connectivity index (χ1n) is 8.80. The Hall–Kier alpha value is -1.47. The Bertz CT molecular complexity index is 736. The van der Waals surface area contributed by atoms with Crippen molar-refractivity contribution >= 4 is 11.3 Å².